The molecule has 0 aliphatic carbocycles. The summed E-state index contributed by atoms with van der Waals surface area (Å²) in [5.41, 5.74) is 8.74. The molecule has 0 bridgehead atoms. The van der Waals surface area contributed by atoms with Gasteiger partial charge in [0.15, 0.2) is 0 Å². The van der Waals surface area contributed by atoms with Crippen molar-refractivity contribution in [2.45, 2.75) is 44.8 Å². The van der Waals surface area contributed by atoms with Crippen LogP contribution in [-0.4, -0.2) is 12.1 Å². The van der Waals surface area contributed by atoms with E-state index < -0.39 is 0 Å². The molecule has 0 amide bonds. The smallest absolute Gasteiger partial charge is 0.0337 e. The van der Waals surface area contributed by atoms with Crippen molar-refractivity contribution in [3.8, 4) is 0 Å². The van der Waals surface area contributed by atoms with Gasteiger partial charge < -0.3 is 11.1 Å². The first-order valence-electron chi connectivity index (χ1n) is 5.73. The first-order valence-corrected chi connectivity index (χ1v) is 5.73. The molecule has 2 nitrogen and oxygen atoms in total. The molecule has 0 saturated carbocycles. The molecule has 0 aromatic heterocycles. The van der Waals surface area contributed by atoms with Crippen molar-refractivity contribution in [2.24, 2.45) is 5.73 Å². The number of rotatable bonds is 1. The number of hydrogen-bond donors (Lipinski definition) is 2. The highest BCUT2D eigenvalue weighted by Gasteiger charge is 2.24. The zero-order valence-corrected chi connectivity index (χ0v) is 9.53. The summed E-state index contributed by atoms with van der Waals surface area (Å²) in [4.78, 5) is 0. The Labute approximate surface area is 91.9 Å². The molecule has 1 heterocycles. The van der Waals surface area contributed by atoms with E-state index in [0.29, 0.717) is 18.1 Å². The Hall–Kier alpha value is -0.860. The van der Waals surface area contributed by atoms with E-state index in [1.165, 1.54) is 11.1 Å². The molecule has 1 saturated heterocycles. The molecule has 1 aliphatic heterocycles. The van der Waals surface area contributed by atoms with Gasteiger partial charge in [-0.05, 0) is 32.3 Å². The lowest BCUT2D eigenvalue weighted by molar-refractivity contribution is 0.307. The molecule has 82 valence electrons. The number of benzene rings is 1. The molecule has 0 unspecified atom stereocenters. The van der Waals surface area contributed by atoms with E-state index in [-0.39, 0.29) is 0 Å². The summed E-state index contributed by atoms with van der Waals surface area (Å²) >= 11 is 0. The van der Waals surface area contributed by atoms with Crippen LogP contribution in [0.3, 0.4) is 0 Å². The molecular weight excluding hydrogens is 184 g/mol. The number of hydrogen-bond acceptors (Lipinski definition) is 2. The summed E-state index contributed by atoms with van der Waals surface area (Å²) < 4.78 is 0. The Bertz CT molecular complexity index is 325. The van der Waals surface area contributed by atoms with Crippen LogP contribution in [0.15, 0.2) is 24.3 Å². The van der Waals surface area contributed by atoms with Gasteiger partial charge in [-0.25, -0.2) is 0 Å². The number of nitrogens with two attached hydrogens (primary N) is 1. The molecule has 3 N–H and O–H groups in total. The Morgan fingerprint density at radius 2 is 2.13 bits per heavy atom. The molecule has 1 aliphatic rings. The van der Waals surface area contributed by atoms with Crippen molar-refractivity contribution >= 4 is 0 Å². The van der Waals surface area contributed by atoms with Crippen molar-refractivity contribution in [2.75, 3.05) is 0 Å². The maximum absolute atomic E-state index is 6.05. The van der Waals surface area contributed by atoms with Gasteiger partial charge in [-0.15, -0.1) is 0 Å². The summed E-state index contributed by atoms with van der Waals surface area (Å²) in [7, 11) is 0. The number of aryl methyl sites for hydroxylation is 1. The van der Waals surface area contributed by atoms with Crippen LogP contribution in [0.25, 0.3) is 0 Å². The molecule has 3 atom stereocenters. The lowest BCUT2D eigenvalue weighted by atomic mass is 9.90. The average molecular weight is 204 g/mol. The SMILES string of the molecule is Cc1cccc([C@@H]2C[C@H](N)C[C@H](C)N2)c1. The third kappa shape index (κ3) is 2.58. The molecule has 2 heteroatoms. The predicted molar refractivity (Wildman–Crippen MR) is 63.7 cm³/mol. The Balaban J connectivity index is 2.16. The number of nitrogens with one attached hydrogen (secondary N) is 1. The van der Waals surface area contributed by atoms with E-state index in [2.05, 4.69) is 43.4 Å². The largest absolute Gasteiger partial charge is 0.328 e. The fourth-order valence-electron chi connectivity index (χ4n) is 2.45. The number of piperidine rings is 1. The van der Waals surface area contributed by atoms with Crippen LogP contribution >= 0.6 is 0 Å². The van der Waals surface area contributed by atoms with Crippen LogP contribution < -0.4 is 11.1 Å². The summed E-state index contributed by atoms with van der Waals surface area (Å²) in [5, 5.41) is 3.61. The van der Waals surface area contributed by atoms with Crippen LogP contribution in [-0.2, 0) is 0 Å². The Morgan fingerprint density at radius 1 is 1.33 bits per heavy atom. The Kier molecular flexibility index (Phi) is 3.08. The highest BCUT2D eigenvalue weighted by Crippen LogP contribution is 2.25. The van der Waals surface area contributed by atoms with Gasteiger partial charge in [0.1, 0.15) is 0 Å². The van der Waals surface area contributed by atoms with Crippen LogP contribution in [0.5, 0.6) is 0 Å². The van der Waals surface area contributed by atoms with Gasteiger partial charge in [0.2, 0.25) is 0 Å². The molecule has 15 heavy (non-hydrogen) atoms. The van der Waals surface area contributed by atoms with Crippen molar-refractivity contribution < 1.29 is 0 Å². The van der Waals surface area contributed by atoms with Crippen LogP contribution in [0.2, 0.25) is 0 Å². The van der Waals surface area contributed by atoms with Crippen molar-refractivity contribution in [3.63, 3.8) is 0 Å². The fraction of sp³-hybridized carbons (Fsp3) is 0.538. The van der Waals surface area contributed by atoms with E-state index in [0.717, 1.165) is 12.8 Å². The van der Waals surface area contributed by atoms with Gasteiger partial charge in [0.25, 0.3) is 0 Å². The highest BCUT2D eigenvalue weighted by atomic mass is 15.0. The summed E-state index contributed by atoms with van der Waals surface area (Å²) in [6.45, 7) is 4.34. The molecular formula is C13H20N2. The molecule has 0 spiro atoms. The topological polar surface area (TPSA) is 38.0 Å². The second kappa shape index (κ2) is 4.33. The summed E-state index contributed by atoms with van der Waals surface area (Å²) in [6.07, 6.45) is 2.14. The van der Waals surface area contributed by atoms with E-state index in [9.17, 15) is 0 Å². The van der Waals surface area contributed by atoms with Gasteiger partial charge in [0, 0.05) is 18.1 Å². The average Bonchev–Trinajstić information content (AvgIpc) is 2.16. The predicted octanol–water partition coefficient (Wildman–Crippen LogP) is 2.14. The minimum atomic E-state index is 0.340. The van der Waals surface area contributed by atoms with Gasteiger partial charge >= 0.3 is 0 Å². The third-order valence-corrected chi connectivity index (χ3v) is 3.12. The molecule has 2 rings (SSSR count). The summed E-state index contributed by atoms with van der Waals surface area (Å²) in [5.74, 6) is 0. The third-order valence-electron chi connectivity index (χ3n) is 3.12. The lowest BCUT2D eigenvalue weighted by Crippen LogP contribution is -2.44. The molecule has 1 aromatic carbocycles. The molecule has 0 radical (unpaired) electrons. The van der Waals surface area contributed by atoms with Gasteiger partial charge in [0.05, 0.1) is 0 Å². The second-order valence-corrected chi connectivity index (χ2v) is 4.77. The first kappa shape index (κ1) is 10.7. The maximum Gasteiger partial charge on any atom is 0.0337 e. The monoisotopic (exact) mass is 204 g/mol. The van der Waals surface area contributed by atoms with E-state index in [1.807, 2.05) is 0 Å². The highest BCUT2D eigenvalue weighted by molar-refractivity contribution is 5.25. The summed E-state index contributed by atoms with van der Waals surface area (Å²) in [6, 6.07) is 10.00. The minimum Gasteiger partial charge on any atom is -0.328 e. The lowest BCUT2D eigenvalue weighted by Gasteiger charge is -2.33. The minimum absolute atomic E-state index is 0.340. The Morgan fingerprint density at radius 3 is 2.80 bits per heavy atom. The van der Waals surface area contributed by atoms with Gasteiger partial charge in [-0.1, -0.05) is 29.8 Å². The van der Waals surface area contributed by atoms with Gasteiger partial charge in [-0.2, -0.15) is 0 Å². The zero-order chi connectivity index (χ0) is 10.8. The zero-order valence-electron chi connectivity index (χ0n) is 9.53. The second-order valence-electron chi connectivity index (χ2n) is 4.77. The first-order chi connectivity index (χ1) is 7.15. The molecule has 1 aromatic rings. The van der Waals surface area contributed by atoms with Crippen LogP contribution in [0.4, 0.5) is 0 Å². The standard InChI is InChI=1S/C13H20N2/c1-9-4-3-5-11(6-9)13-8-12(14)7-10(2)15-13/h3-6,10,12-13,15H,7-8,14H2,1-2H3/t10-,12+,13-/m0/s1. The normalized spacial score (nSPS) is 31.5. The maximum atomic E-state index is 6.05. The van der Waals surface area contributed by atoms with E-state index >= 15 is 0 Å². The van der Waals surface area contributed by atoms with Crippen LogP contribution in [0, 0.1) is 6.92 Å². The molecule has 1 fully saturated rings. The van der Waals surface area contributed by atoms with Gasteiger partial charge in [-0.3, -0.25) is 0 Å². The van der Waals surface area contributed by atoms with Crippen molar-refractivity contribution in [1.82, 2.24) is 5.32 Å². The van der Waals surface area contributed by atoms with Crippen LogP contribution in [0.1, 0.15) is 36.9 Å². The van der Waals surface area contributed by atoms with Crippen molar-refractivity contribution in [3.05, 3.63) is 35.4 Å². The van der Waals surface area contributed by atoms with Crippen molar-refractivity contribution in [1.29, 1.82) is 0 Å². The quantitative estimate of drug-likeness (QED) is 0.735. The van der Waals surface area contributed by atoms with E-state index in [4.69, 9.17) is 5.73 Å². The van der Waals surface area contributed by atoms with E-state index in [1.54, 1.807) is 0 Å². The fourth-order valence-corrected chi connectivity index (χ4v) is 2.45.